The fraction of sp³-hybridized carbons (Fsp3) is 0.375. The van der Waals surface area contributed by atoms with Crippen molar-refractivity contribution in [3.05, 3.63) is 17.0 Å². The summed E-state index contributed by atoms with van der Waals surface area (Å²) in [5, 5.41) is 0.217. The molecule has 0 saturated carbocycles. The largest absolute Gasteiger partial charge is 0.468 e. The van der Waals surface area contributed by atoms with Crippen LogP contribution in [0.5, 0.6) is 0 Å². The Hall–Kier alpha value is -1.40. The fourth-order valence-corrected chi connectivity index (χ4v) is 1.22. The molecular formula is C8H11ClN4O2. The van der Waals surface area contributed by atoms with E-state index in [1.807, 2.05) is 0 Å². The van der Waals surface area contributed by atoms with E-state index in [0.29, 0.717) is 5.82 Å². The van der Waals surface area contributed by atoms with Crippen LogP contribution < -0.4 is 11.5 Å². The lowest BCUT2D eigenvalue weighted by atomic mass is 10.2. The molecule has 0 saturated heterocycles. The summed E-state index contributed by atoms with van der Waals surface area (Å²) in [6.45, 7) is 0. The van der Waals surface area contributed by atoms with Crippen LogP contribution in [0.25, 0.3) is 0 Å². The summed E-state index contributed by atoms with van der Waals surface area (Å²) in [6.07, 6.45) is 0.136. The van der Waals surface area contributed by atoms with E-state index >= 15 is 0 Å². The van der Waals surface area contributed by atoms with Crippen molar-refractivity contribution in [3.63, 3.8) is 0 Å². The zero-order valence-corrected chi connectivity index (χ0v) is 8.86. The number of carbonyl (C=O) groups is 1. The zero-order chi connectivity index (χ0) is 11.4. The van der Waals surface area contributed by atoms with Crippen molar-refractivity contribution in [2.75, 3.05) is 12.8 Å². The SMILES string of the molecule is COC(=O)C(N)Cc1nc(N)cc(Cl)n1. The molecule has 0 aliphatic rings. The maximum Gasteiger partial charge on any atom is 0.323 e. The molecule has 0 spiro atoms. The van der Waals surface area contributed by atoms with Gasteiger partial charge in [-0.15, -0.1) is 0 Å². The number of halogens is 1. The van der Waals surface area contributed by atoms with Crippen LogP contribution in [0.1, 0.15) is 5.82 Å². The molecule has 0 aliphatic heterocycles. The number of esters is 1. The van der Waals surface area contributed by atoms with Gasteiger partial charge in [0.25, 0.3) is 0 Å². The van der Waals surface area contributed by atoms with Crippen LogP contribution in [0.3, 0.4) is 0 Å². The molecule has 0 fully saturated rings. The van der Waals surface area contributed by atoms with Crippen molar-refractivity contribution in [1.82, 2.24) is 9.97 Å². The Bertz CT molecular complexity index is 351. The van der Waals surface area contributed by atoms with Gasteiger partial charge in [-0.2, -0.15) is 0 Å². The average molecular weight is 231 g/mol. The predicted molar refractivity (Wildman–Crippen MR) is 55.1 cm³/mol. The number of nitrogens with two attached hydrogens (primary N) is 2. The lowest BCUT2D eigenvalue weighted by Gasteiger charge is -2.08. The molecular weight excluding hydrogens is 220 g/mol. The molecule has 1 rings (SSSR count). The van der Waals surface area contributed by atoms with E-state index in [2.05, 4.69) is 14.7 Å². The molecule has 0 aromatic carbocycles. The summed E-state index contributed by atoms with van der Waals surface area (Å²) in [6, 6.07) is 0.599. The van der Waals surface area contributed by atoms with Gasteiger partial charge in [-0.1, -0.05) is 11.6 Å². The molecule has 4 N–H and O–H groups in total. The number of hydrogen-bond donors (Lipinski definition) is 2. The predicted octanol–water partition coefficient (Wildman–Crippen LogP) is -0.245. The molecule has 1 unspecified atom stereocenters. The van der Waals surface area contributed by atoms with Crippen LogP contribution in [-0.2, 0) is 16.0 Å². The second kappa shape index (κ2) is 4.90. The normalized spacial score (nSPS) is 12.2. The highest BCUT2D eigenvalue weighted by Gasteiger charge is 2.16. The molecule has 1 aromatic rings. The number of nitrogen functional groups attached to an aromatic ring is 1. The van der Waals surface area contributed by atoms with E-state index in [0.717, 1.165) is 0 Å². The monoisotopic (exact) mass is 230 g/mol. The smallest absolute Gasteiger partial charge is 0.323 e. The molecule has 0 amide bonds. The minimum atomic E-state index is -0.812. The van der Waals surface area contributed by atoms with Gasteiger partial charge in [-0.3, -0.25) is 4.79 Å². The number of nitrogens with zero attached hydrogens (tertiary/aromatic N) is 2. The third-order valence-electron chi connectivity index (χ3n) is 1.67. The van der Waals surface area contributed by atoms with E-state index in [1.54, 1.807) is 0 Å². The van der Waals surface area contributed by atoms with Gasteiger partial charge in [-0.25, -0.2) is 9.97 Å². The summed E-state index contributed by atoms with van der Waals surface area (Å²) >= 11 is 5.66. The molecule has 82 valence electrons. The van der Waals surface area contributed by atoms with Crippen molar-refractivity contribution in [2.45, 2.75) is 12.5 Å². The Kier molecular flexibility index (Phi) is 3.81. The van der Waals surface area contributed by atoms with Crippen LogP contribution in [-0.4, -0.2) is 29.1 Å². The number of ether oxygens (including phenoxy) is 1. The topological polar surface area (TPSA) is 104 Å². The molecule has 7 heteroatoms. The first kappa shape index (κ1) is 11.7. The molecule has 0 bridgehead atoms. The van der Waals surface area contributed by atoms with Gasteiger partial charge in [0.2, 0.25) is 0 Å². The molecule has 6 nitrogen and oxygen atoms in total. The second-order valence-electron chi connectivity index (χ2n) is 2.87. The number of carbonyl (C=O) groups excluding carboxylic acids is 1. The van der Waals surface area contributed by atoms with Gasteiger partial charge in [0.1, 0.15) is 22.8 Å². The Morgan fingerprint density at radius 1 is 1.67 bits per heavy atom. The van der Waals surface area contributed by atoms with Crippen molar-refractivity contribution in [3.8, 4) is 0 Å². The van der Waals surface area contributed by atoms with Gasteiger partial charge >= 0.3 is 5.97 Å². The summed E-state index contributed by atoms with van der Waals surface area (Å²) in [5.74, 6) is 0.0251. The summed E-state index contributed by atoms with van der Waals surface area (Å²) in [4.78, 5) is 18.8. The number of hydrogen-bond acceptors (Lipinski definition) is 6. The minimum absolute atomic E-state index is 0.136. The van der Waals surface area contributed by atoms with Crippen molar-refractivity contribution in [1.29, 1.82) is 0 Å². The third kappa shape index (κ3) is 3.34. The van der Waals surface area contributed by atoms with Crippen LogP contribution in [0.2, 0.25) is 5.15 Å². The maximum absolute atomic E-state index is 11.0. The van der Waals surface area contributed by atoms with Gasteiger partial charge < -0.3 is 16.2 Å². The van der Waals surface area contributed by atoms with Crippen LogP contribution in [0.15, 0.2) is 6.07 Å². The lowest BCUT2D eigenvalue weighted by molar-refractivity contribution is -0.142. The standard InChI is InChI=1S/C8H11ClN4O2/c1-15-8(14)4(10)2-7-12-5(9)3-6(11)13-7/h3-4H,2,10H2,1H3,(H2,11,12,13). The van der Waals surface area contributed by atoms with Crippen molar-refractivity contribution < 1.29 is 9.53 Å². The van der Waals surface area contributed by atoms with E-state index < -0.39 is 12.0 Å². The third-order valence-corrected chi connectivity index (χ3v) is 1.86. The summed E-state index contributed by atoms with van der Waals surface area (Å²) in [7, 11) is 1.26. The number of rotatable bonds is 3. The molecule has 0 aliphatic carbocycles. The number of anilines is 1. The van der Waals surface area contributed by atoms with E-state index in [9.17, 15) is 4.79 Å². The molecule has 15 heavy (non-hydrogen) atoms. The average Bonchev–Trinajstić information content (AvgIpc) is 2.14. The highest BCUT2D eigenvalue weighted by atomic mass is 35.5. The summed E-state index contributed by atoms with van der Waals surface area (Å²) < 4.78 is 4.46. The summed E-state index contributed by atoms with van der Waals surface area (Å²) in [5.41, 5.74) is 11.0. The van der Waals surface area contributed by atoms with Crippen molar-refractivity contribution in [2.24, 2.45) is 5.73 Å². The molecule has 1 heterocycles. The Labute approximate surface area is 91.6 Å². The first-order chi connectivity index (χ1) is 7.02. The number of aromatic nitrogens is 2. The Morgan fingerprint density at radius 2 is 2.33 bits per heavy atom. The first-order valence-corrected chi connectivity index (χ1v) is 4.53. The van der Waals surface area contributed by atoms with Gasteiger partial charge in [0, 0.05) is 12.5 Å². The molecule has 1 atom stereocenters. The second-order valence-corrected chi connectivity index (χ2v) is 3.25. The first-order valence-electron chi connectivity index (χ1n) is 4.15. The van der Waals surface area contributed by atoms with Gasteiger partial charge in [-0.05, 0) is 0 Å². The van der Waals surface area contributed by atoms with Gasteiger partial charge in [0.05, 0.1) is 7.11 Å². The van der Waals surface area contributed by atoms with Crippen LogP contribution in [0, 0.1) is 0 Å². The van der Waals surface area contributed by atoms with E-state index in [-0.39, 0.29) is 17.4 Å². The van der Waals surface area contributed by atoms with E-state index in [4.69, 9.17) is 23.1 Å². The van der Waals surface area contributed by atoms with Crippen LogP contribution in [0.4, 0.5) is 5.82 Å². The highest BCUT2D eigenvalue weighted by molar-refractivity contribution is 6.29. The quantitative estimate of drug-likeness (QED) is 0.548. The maximum atomic E-state index is 11.0. The molecule has 1 aromatic heterocycles. The highest BCUT2D eigenvalue weighted by Crippen LogP contribution is 2.09. The van der Waals surface area contributed by atoms with Crippen LogP contribution >= 0.6 is 11.6 Å². The molecule has 0 radical (unpaired) electrons. The van der Waals surface area contributed by atoms with Crippen molar-refractivity contribution >= 4 is 23.4 Å². The number of methoxy groups -OCH3 is 1. The van der Waals surface area contributed by atoms with E-state index in [1.165, 1.54) is 13.2 Å². The minimum Gasteiger partial charge on any atom is -0.468 e. The Morgan fingerprint density at radius 3 is 2.87 bits per heavy atom. The van der Waals surface area contributed by atoms with Gasteiger partial charge in [0.15, 0.2) is 0 Å². The Balaban J connectivity index is 2.76. The fourth-order valence-electron chi connectivity index (χ4n) is 1.01. The zero-order valence-electron chi connectivity index (χ0n) is 8.11. The lowest BCUT2D eigenvalue weighted by Crippen LogP contribution is -2.34.